The number of thioether (sulfide) groups is 1. The number of carbonyl (C=O) groups excluding carboxylic acids is 2. The molecule has 10 heteroatoms. The molecule has 0 saturated carbocycles. The summed E-state index contributed by atoms with van der Waals surface area (Å²) in [7, 11) is 0. The lowest BCUT2D eigenvalue weighted by Crippen LogP contribution is -2.42. The van der Waals surface area contributed by atoms with Crippen molar-refractivity contribution < 1.29 is 22.8 Å². The number of hydrogen-bond donors (Lipinski definition) is 2. The van der Waals surface area contributed by atoms with Crippen LogP contribution in [0.4, 0.5) is 18.0 Å². The smallest absolute Gasteiger partial charge is 0.338 e. The van der Waals surface area contributed by atoms with E-state index in [9.17, 15) is 22.8 Å². The van der Waals surface area contributed by atoms with Gasteiger partial charge in [0.1, 0.15) is 11.1 Å². The van der Waals surface area contributed by atoms with Crippen molar-refractivity contribution in [3.05, 3.63) is 22.9 Å². The number of halogens is 3. The summed E-state index contributed by atoms with van der Waals surface area (Å²) in [6, 6.07) is 1.56. The van der Waals surface area contributed by atoms with Gasteiger partial charge < -0.3 is 5.32 Å². The molecule has 0 spiro atoms. The summed E-state index contributed by atoms with van der Waals surface area (Å²) in [5, 5.41) is 12.3. The number of imide groups is 1. The molecular weight excluding hydrogens is 345 g/mol. The minimum Gasteiger partial charge on any atom is -0.338 e. The molecule has 24 heavy (non-hydrogen) atoms. The minimum atomic E-state index is -4.71. The summed E-state index contributed by atoms with van der Waals surface area (Å²) in [5.41, 5.74) is -1.67. The Bertz CT molecular complexity index is 686. The molecule has 3 amide bonds. The SMILES string of the molecule is CCNC(=O)NC(=O)C(C)Sc1nc(C)cc(C(F)(F)F)c1C#N. The van der Waals surface area contributed by atoms with E-state index in [4.69, 9.17) is 5.26 Å². The molecule has 1 atom stereocenters. The first-order chi connectivity index (χ1) is 11.1. The normalized spacial score (nSPS) is 12.2. The molecule has 6 nitrogen and oxygen atoms in total. The van der Waals surface area contributed by atoms with Crippen LogP contribution in [0.5, 0.6) is 0 Å². The van der Waals surface area contributed by atoms with Crippen molar-refractivity contribution in [2.45, 2.75) is 37.2 Å². The summed E-state index contributed by atoms with van der Waals surface area (Å²) in [5.74, 6) is -0.702. The van der Waals surface area contributed by atoms with Gasteiger partial charge in [-0.15, -0.1) is 0 Å². The molecule has 0 bridgehead atoms. The second kappa shape index (κ2) is 8.01. The van der Waals surface area contributed by atoms with E-state index in [0.29, 0.717) is 18.3 Å². The fraction of sp³-hybridized carbons (Fsp3) is 0.429. The molecule has 0 aromatic carbocycles. The molecule has 0 aliphatic heterocycles. The Balaban J connectivity index is 3.07. The van der Waals surface area contributed by atoms with Crippen LogP contribution in [0.1, 0.15) is 30.7 Å². The first kappa shape index (κ1) is 19.8. The maximum absolute atomic E-state index is 13.0. The first-order valence-corrected chi connectivity index (χ1v) is 7.72. The van der Waals surface area contributed by atoms with Crippen LogP contribution in [0, 0.1) is 18.3 Å². The van der Waals surface area contributed by atoms with Gasteiger partial charge in [-0.1, -0.05) is 11.8 Å². The average molecular weight is 360 g/mol. The van der Waals surface area contributed by atoms with Crippen molar-refractivity contribution in [1.29, 1.82) is 5.26 Å². The molecule has 0 saturated heterocycles. The van der Waals surface area contributed by atoms with E-state index < -0.39 is 34.5 Å². The number of pyridine rings is 1. The Labute approximate surface area is 140 Å². The Hall–Kier alpha value is -2.28. The van der Waals surface area contributed by atoms with Gasteiger partial charge in [0.05, 0.1) is 16.4 Å². The molecule has 1 heterocycles. The summed E-state index contributed by atoms with van der Waals surface area (Å²) in [4.78, 5) is 27.1. The zero-order chi connectivity index (χ0) is 18.5. The van der Waals surface area contributed by atoms with Crippen LogP contribution in [-0.2, 0) is 11.0 Å². The van der Waals surface area contributed by atoms with E-state index >= 15 is 0 Å². The predicted molar refractivity (Wildman–Crippen MR) is 81.2 cm³/mol. The monoisotopic (exact) mass is 360 g/mol. The lowest BCUT2D eigenvalue weighted by Gasteiger charge is -2.15. The van der Waals surface area contributed by atoms with Crippen LogP contribution < -0.4 is 10.6 Å². The van der Waals surface area contributed by atoms with Crippen LogP contribution in [0.25, 0.3) is 0 Å². The third-order valence-corrected chi connectivity index (χ3v) is 3.85. The van der Waals surface area contributed by atoms with Crippen molar-refractivity contribution in [2.75, 3.05) is 6.54 Å². The van der Waals surface area contributed by atoms with Gasteiger partial charge in [0.25, 0.3) is 0 Å². The van der Waals surface area contributed by atoms with E-state index in [1.165, 1.54) is 19.9 Å². The lowest BCUT2D eigenvalue weighted by atomic mass is 10.1. The molecule has 1 aromatic rings. The molecule has 1 unspecified atom stereocenters. The standard InChI is InChI=1S/C14H15F3N4O2S/c1-4-19-13(23)21-11(22)8(3)24-12-9(6-18)10(14(15,16)17)5-7(2)20-12/h5,8H,4H2,1-3H3,(H2,19,21,22,23). The van der Waals surface area contributed by atoms with Crippen molar-refractivity contribution in [3.63, 3.8) is 0 Å². The molecule has 1 rings (SSSR count). The highest BCUT2D eigenvalue weighted by atomic mass is 32.2. The molecule has 130 valence electrons. The highest BCUT2D eigenvalue weighted by molar-refractivity contribution is 8.00. The molecule has 0 aliphatic carbocycles. The highest BCUT2D eigenvalue weighted by Gasteiger charge is 2.36. The van der Waals surface area contributed by atoms with Gasteiger partial charge in [-0.2, -0.15) is 18.4 Å². The molecular formula is C14H15F3N4O2S. The van der Waals surface area contributed by atoms with Crippen molar-refractivity contribution in [3.8, 4) is 6.07 Å². The Morgan fingerprint density at radius 2 is 2.08 bits per heavy atom. The molecule has 0 fully saturated rings. The maximum Gasteiger partial charge on any atom is 0.417 e. The largest absolute Gasteiger partial charge is 0.417 e. The number of carbonyl (C=O) groups is 2. The number of aryl methyl sites for hydroxylation is 1. The van der Waals surface area contributed by atoms with Gasteiger partial charge >= 0.3 is 12.2 Å². The number of nitrogens with zero attached hydrogens (tertiary/aromatic N) is 2. The Morgan fingerprint density at radius 1 is 1.46 bits per heavy atom. The first-order valence-electron chi connectivity index (χ1n) is 6.84. The topological polar surface area (TPSA) is 94.9 Å². The van der Waals surface area contributed by atoms with E-state index in [-0.39, 0.29) is 10.7 Å². The van der Waals surface area contributed by atoms with Gasteiger partial charge in [0.15, 0.2) is 0 Å². The summed E-state index contributed by atoms with van der Waals surface area (Å²) in [6.07, 6.45) is -4.71. The van der Waals surface area contributed by atoms with Gasteiger partial charge in [-0.3, -0.25) is 10.1 Å². The van der Waals surface area contributed by atoms with Gasteiger partial charge in [0, 0.05) is 12.2 Å². The number of alkyl halides is 3. The summed E-state index contributed by atoms with van der Waals surface area (Å²) < 4.78 is 39.1. The number of rotatable bonds is 4. The van der Waals surface area contributed by atoms with Gasteiger partial charge in [0.2, 0.25) is 5.91 Å². The van der Waals surface area contributed by atoms with E-state index in [0.717, 1.165) is 6.07 Å². The fourth-order valence-corrected chi connectivity index (χ4v) is 2.67. The van der Waals surface area contributed by atoms with Crippen molar-refractivity contribution >= 4 is 23.7 Å². The second-order valence-corrected chi connectivity index (χ2v) is 6.04. The average Bonchev–Trinajstić information content (AvgIpc) is 2.45. The van der Waals surface area contributed by atoms with Gasteiger partial charge in [-0.05, 0) is 26.8 Å². The van der Waals surface area contributed by atoms with E-state index in [1.54, 1.807) is 6.92 Å². The van der Waals surface area contributed by atoms with Gasteiger partial charge in [-0.25, -0.2) is 9.78 Å². The van der Waals surface area contributed by atoms with Crippen LogP contribution in [0.2, 0.25) is 0 Å². The molecule has 0 radical (unpaired) electrons. The minimum absolute atomic E-state index is 0.0696. The highest BCUT2D eigenvalue weighted by Crippen LogP contribution is 2.36. The van der Waals surface area contributed by atoms with E-state index in [2.05, 4.69) is 15.6 Å². The summed E-state index contributed by atoms with van der Waals surface area (Å²) >= 11 is 0.682. The number of urea groups is 1. The Kier molecular flexibility index (Phi) is 6.60. The fourth-order valence-electron chi connectivity index (χ4n) is 1.70. The molecule has 2 N–H and O–H groups in total. The third kappa shape index (κ3) is 5.13. The number of nitrogens with one attached hydrogen (secondary N) is 2. The van der Waals surface area contributed by atoms with Crippen LogP contribution in [-0.4, -0.2) is 28.7 Å². The number of aromatic nitrogens is 1. The third-order valence-electron chi connectivity index (χ3n) is 2.76. The zero-order valence-electron chi connectivity index (χ0n) is 13.1. The van der Waals surface area contributed by atoms with Crippen LogP contribution in [0.3, 0.4) is 0 Å². The lowest BCUT2D eigenvalue weighted by molar-refractivity contribution is -0.138. The quantitative estimate of drug-likeness (QED) is 0.805. The second-order valence-electron chi connectivity index (χ2n) is 4.71. The molecule has 0 aliphatic rings. The van der Waals surface area contributed by atoms with Crippen molar-refractivity contribution in [1.82, 2.24) is 15.6 Å². The predicted octanol–water partition coefficient (Wildman–Crippen LogP) is 2.61. The maximum atomic E-state index is 13.0. The zero-order valence-corrected chi connectivity index (χ0v) is 13.9. The Morgan fingerprint density at radius 3 is 2.58 bits per heavy atom. The number of nitriles is 1. The number of hydrogen-bond acceptors (Lipinski definition) is 5. The number of amides is 3. The van der Waals surface area contributed by atoms with Crippen molar-refractivity contribution in [2.24, 2.45) is 0 Å². The summed E-state index contributed by atoms with van der Waals surface area (Å²) in [6.45, 7) is 4.74. The van der Waals surface area contributed by atoms with E-state index in [1.807, 2.05) is 0 Å². The van der Waals surface area contributed by atoms with Crippen LogP contribution in [0.15, 0.2) is 11.1 Å². The van der Waals surface area contributed by atoms with Crippen LogP contribution >= 0.6 is 11.8 Å². The molecule has 1 aromatic heterocycles.